The number of hydrogen-bond donors (Lipinski definition) is 2. The molecule has 142 valence electrons. The predicted molar refractivity (Wildman–Crippen MR) is 101 cm³/mol. The molecule has 2 amide bonds. The van der Waals surface area contributed by atoms with Crippen LogP contribution in [0.2, 0.25) is 0 Å². The molecule has 0 spiro atoms. The van der Waals surface area contributed by atoms with Gasteiger partial charge in [-0.2, -0.15) is 5.26 Å². The van der Waals surface area contributed by atoms with E-state index in [0.717, 1.165) is 5.56 Å². The van der Waals surface area contributed by atoms with Crippen LogP contribution in [0.1, 0.15) is 24.1 Å². The van der Waals surface area contributed by atoms with Gasteiger partial charge in [-0.1, -0.05) is 30.3 Å². The fourth-order valence-corrected chi connectivity index (χ4v) is 2.86. The minimum absolute atomic E-state index is 0.0310. The number of esters is 1. The van der Waals surface area contributed by atoms with Gasteiger partial charge >= 0.3 is 12.0 Å². The van der Waals surface area contributed by atoms with Crippen molar-refractivity contribution in [1.29, 1.82) is 5.26 Å². The van der Waals surface area contributed by atoms with Gasteiger partial charge in [0.2, 0.25) is 0 Å². The molecule has 28 heavy (non-hydrogen) atoms. The Labute approximate surface area is 162 Å². The monoisotopic (exact) mass is 377 g/mol. The Morgan fingerprint density at radius 2 is 1.86 bits per heavy atom. The van der Waals surface area contributed by atoms with Crippen LogP contribution in [0, 0.1) is 11.3 Å². The molecule has 1 heterocycles. The van der Waals surface area contributed by atoms with E-state index >= 15 is 0 Å². The summed E-state index contributed by atoms with van der Waals surface area (Å²) < 4.78 is 10.9. The predicted octanol–water partition coefficient (Wildman–Crippen LogP) is 2.81. The maximum absolute atomic E-state index is 12.6. The Hall–Kier alpha value is -3.79. The third-order valence-electron chi connectivity index (χ3n) is 4.15. The summed E-state index contributed by atoms with van der Waals surface area (Å²) in [6.07, 6.45) is 0. The van der Waals surface area contributed by atoms with E-state index in [2.05, 4.69) is 10.6 Å². The Kier molecular flexibility index (Phi) is 5.92. The molecular formula is C21H19N3O4. The second kappa shape index (κ2) is 8.73. The molecule has 2 N–H and O–H groups in total. The van der Waals surface area contributed by atoms with Crippen LogP contribution in [0.3, 0.4) is 0 Å². The number of rotatable bonds is 6. The van der Waals surface area contributed by atoms with Crippen LogP contribution in [0.5, 0.6) is 5.75 Å². The number of nitrogens with zero attached hydrogens (tertiary/aromatic N) is 1. The van der Waals surface area contributed by atoms with E-state index in [1.807, 2.05) is 36.4 Å². The van der Waals surface area contributed by atoms with Crippen molar-refractivity contribution in [2.45, 2.75) is 13.0 Å². The molecule has 0 aromatic heterocycles. The summed E-state index contributed by atoms with van der Waals surface area (Å²) in [6, 6.07) is 16.7. The van der Waals surface area contributed by atoms with Crippen LogP contribution in [0.25, 0.3) is 0 Å². The largest absolute Gasteiger partial charge is 0.487 e. The van der Waals surface area contributed by atoms with Crippen molar-refractivity contribution in [3.05, 3.63) is 77.0 Å². The van der Waals surface area contributed by atoms with Gasteiger partial charge in [-0.3, -0.25) is 0 Å². The molecule has 1 atom stereocenters. The van der Waals surface area contributed by atoms with Crippen molar-refractivity contribution in [3.8, 4) is 11.8 Å². The van der Waals surface area contributed by atoms with Gasteiger partial charge in [0, 0.05) is 0 Å². The first-order valence-corrected chi connectivity index (χ1v) is 8.78. The van der Waals surface area contributed by atoms with E-state index in [9.17, 15) is 9.59 Å². The lowest BCUT2D eigenvalue weighted by atomic mass is 9.95. The van der Waals surface area contributed by atoms with Crippen LogP contribution < -0.4 is 15.4 Å². The third-order valence-corrected chi connectivity index (χ3v) is 4.15. The number of benzene rings is 2. The first kappa shape index (κ1) is 19.0. The highest BCUT2D eigenvalue weighted by Crippen LogP contribution is 2.28. The van der Waals surface area contributed by atoms with Gasteiger partial charge in [0.05, 0.1) is 35.6 Å². The zero-order chi connectivity index (χ0) is 19.9. The molecule has 0 bridgehead atoms. The zero-order valence-electron chi connectivity index (χ0n) is 15.3. The van der Waals surface area contributed by atoms with Gasteiger partial charge in [-0.15, -0.1) is 0 Å². The summed E-state index contributed by atoms with van der Waals surface area (Å²) in [7, 11) is 0. The SMILES string of the molecule is CCOC(=O)C1=C(COc2ccc(C#N)cc2)NC(=O)N[C@@H]1c1ccccc1. The van der Waals surface area contributed by atoms with Crippen LogP contribution in [-0.4, -0.2) is 25.2 Å². The van der Waals surface area contributed by atoms with Gasteiger partial charge in [-0.25, -0.2) is 9.59 Å². The Bertz CT molecular complexity index is 930. The van der Waals surface area contributed by atoms with E-state index in [1.54, 1.807) is 31.2 Å². The highest BCUT2D eigenvalue weighted by Gasteiger charge is 2.33. The fraction of sp³-hybridized carbons (Fsp3) is 0.190. The number of amides is 2. The van der Waals surface area contributed by atoms with E-state index in [0.29, 0.717) is 22.6 Å². The summed E-state index contributed by atoms with van der Waals surface area (Å²) in [4.78, 5) is 24.8. The Morgan fingerprint density at radius 1 is 1.14 bits per heavy atom. The van der Waals surface area contributed by atoms with Gasteiger partial charge in [-0.05, 0) is 36.8 Å². The van der Waals surface area contributed by atoms with Crippen molar-refractivity contribution in [3.63, 3.8) is 0 Å². The minimum atomic E-state index is -0.645. The van der Waals surface area contributed by atoms with Gasteiger partial charge in [0.1, 0.15) is 12.4 Å². The average molecular weight is 377 g/mol. The third kappa shape index (κ3) is 4.30. The second-order valence-electron chi connectivity index (χ2n) is 5.98. The molecule has 0 unspecified atom stereocenters. The number of carbonyl (C=O) groups is 2. The number of hydrogen-bond acceptors (Lipinski definition) is 5. The molecule has 0 fully saturated rings. The first-order chi connectivity index (χ1) is 13.6. The van der Waals surface area contributed by atoms with Crippen molar-refractivity contribution in [2.75, 3.05) is 13.2 Å². The topological polar surface area (TPSA) is 100 Å². The molecule has 0 saturated heterocycles. The molecule has 2 aromatic carbocycles. The van der Waals surface area contributed by atoms with Crippen molar-refractivity contribution in [2.24, 2.45) is 0 Å². The average Bonchev–Trinajstić information content (AvgIpc) is 2.73. The maximum atomic E-state index is 12.6. The van der Waals surface area contributed by atoms with Crippen LogP contribution in [0.4, 0.5) is 4.79 Å². The van der Waals surface area contributed by atoms with Crippen LogP contribution >= 0.6 is 0 Å². The second-order valence-corrected chi connectivity index (χ2v) is 5.98. The van der Waals surface area contributed by atoms with Crippen LogP contribution in [-0.2, 0) is 9.53 Å². The molecule has 2 aromatic rings. The lowest BCUT2D eigenvalue weighted by Crippen LogP contribution is -2.47. The minimum Gasteiger partial charge on any atom is -0.487 e. The molecule has 0 aliphatic carbocycles. The van der Waals surface area contributed by atoms with E-state index in [4.69, 9.17) is 14.7 Å². The van der Waals surface area contributed by atoms with E-state index in [1.165, 1.54) is 0 Å². The van der Waals surface area contributed by atoms with Crippen molar-refractivity contribution >= 4 is 12.0 Å². The molecule has 0 saturated carbocycles. The van der Waals surface area contributed by atoms with Gasteiger partial charge in [0.15, 0.2) is 0 Å². The maximum Gasteiger partial charge on any atom is 0.338 e. The van der Waals surface area contributed by atoms with Crippen molar-refractivity contribution < 1.29 is 19.1 Å². The number of nitrogens with one attached hydrogen (secondary N) is 2. The lowest BCUT2D eigenvalue weighted by Gasteiger charge is -2.29. The molecular weight excluding hydrogens is 358 g/mol. The molecule has 7 heteroatoms. The molecule has 0 radical (unpaired) electrons. The summed E-state index contributed by atoms with van der Waals surface area (Å²) in [5.41, 5.74) is 1.90. The highest BCUT2D eigenvalue weighted by molar-refractivity contribution is 5.95. The summed E-state index contributed by atoms with van der Waals surface area (Å²) in [6.45, 7) is 1.90. The highest BCUT2D eigenvalue weighted by atomic mass is 16.5. The van der Waals surface area contributed by atoms with E-state index in [-0.39, 0.29) is 13.2 Å². The first-order valence-electron chi connectivity index (χ1n) is 8.78. The molecule has 7 nitrogen and oxygen atoms in total. The number of carbonyl (C=O) groups excluding carboxylic acids is 2. The summed E-state index contributed by atoms with van der Waals surface area (Å²) in [5.74, 6) is -0.0129. The van der Waals surface area contributed by atoms with Crippen LogP contribution in [0.15, 0.2) is 65.9 Å². The van der Waals surface area contributed by atoms with Gasteiger partial charge in [0.25, 0.3) is 0 Å². The number of urea groups is 1. The van der Waals surface area contributed by atoms with Gasteiger partial charge < -0.3 is 20.1 Å². The van der Waals surface area contributed by atoms with Crippen molar-refractivity contribution in [1.82, 2.24) is 10.6 Å². The lowest BCUT2D eigenvalue weighted by molar-refractivity contribution is -0.139. The Balaban J connectivity index is 1.92. The normalized spacial score (nSPS) is 15.9. The Morgan fingerprint density at radius 3 is 2.50 bits per heavy atom. The fourth-order valence-electron chi connectivity index (χ4n) is 2.86. The van der Waals surface area contributed by atoms with E-state index < -0.39 is 18.0 Å². The quantitative estimate of drug-likeness (QED) is 0.754. The molecule has 1 aliphatic rings. The number of nitriles is 1. The summed E-state index contributed by atoms with van der Waals surface area (Å²) in [5, 5.41) is 14.3. The standard InChI is InChI=1S/C21H19N3O4/c1-2-27-20(25)18-17(13-28-16-10-8-14(12-22)9-11-16)23-21(26)24-19(18)15-6-4-3-5-7-15/h3-11,19H,2,13H2,1H3,(H2,23,24,26)/t19-/m1/s1. The number of ether oxygens (including phenoxy) is 2. The molecule has 3 rings (SSSR count). The summed E-state index contributed by atoms with van der Waals surface area (Å²) >= 11 is 0. The molecule has 1 aliphatic heterocycles. The smallest absolute Gasteiger partial charge is 0.338 e. The zero-order valence-corrected chi connectivity index (χ0v) is 15.3.